The lowest BCUT2D eigenvalue weighted by atomic mass is 10.2. The normalized spacial score (nSPS) is 13.9. The molecule has 9 heteroatoms. The number of alkyl carbamates (subject to hydrolysis) is 1. The van der Waals surface area contributed by atoms with Gasteiger partial charge >= 0.3 is 6.09 Å². The highest BCUT2D eigenvalue weighted by atomic mass is 32.2. The number of aromatic nitrogens is 2. The van der Waals surface area contributed by atoms with Gasteiger partial charge in [0.25, 0.3) is 0 Å². The molecule has 0 unspecified atom stereocenters. The van der Waals surface area contributed by atoms with Gasteiger partial charge in [-0.2, -0.15) is 9.40 Å². The van der Waals surface area contributed by atoms with Gasteiger partial charge in [0.2, 0.25) is 10.0 Å². The van der Waals surface area contributed by atoms with Crippen LogP contribution >= 0.6 is 0 Å². The quantitative estimate of drug-likeness (QED) is 0.842. The van der Waals surface area contributed by atoms with Gasteiger partial charge in [0, 0.05) is 19.6 Å². The van der Waals surface area contributed by atoms with E-state index in [1.807, 2.05) is 0 Å². The van der Waals surface area contributed by atoms with Crippen LogP contribution in [-0.4, -0.2) is 54.2 Å². The molecule has 0 aliphatic heterocycles. The molecule has 0 spiro atoms. The third kappa shape index (κ3) is 5.21. The molecule has 0 saturated heterocycles. The number of amides is 1. The number of ether oxygens (including phenoxy) is 1. The maximum atomic E-state index is 12.6. The smallest absolute Gasteiger partial charge is 0.407 e. The maximum Gasteiger partial charge on any atom is 0.407 e. The number of aryl methyl sites for hydroxylation is 2. The van der Waals surface area contributed by atoms with Crippen molar-refractivity contribution in [2.45, 2.75) is 58.1 Å². The monoisotopic (exact) mass is 346 g/mol. The second-order valence-corrected chi connectivity index (χ2v) is 8.58. The number of carbonyl (C=O) groups is 1. The minimum Gasteiger partial charge on any atom is -0.444 e. The number of carbonyl (C=O) groups excluding carboxylic acids is 1. The average molecular weight is 346 g/mol. The largest absolute Gasteiger partial charge is 0.444 e. The third-order valence-electron chi connectivity index (χ3n) is 3.02. The summed E-state index contributed by atoms with van der Waals surface area (Å²) in [5.74, 6) is 0. The summed E-state index contributed by atoms with van der Waals surface area (Å²) in [6.07, 6.45) is -0.577. The third-order valence-corrected chi connectivity index (χ3v) is 5.11. The van der Waals surface area contributed by atoms with Gasteiger partial charge in [-0.1, -0.05) is 0 Å². The molecule has 1 atom stereocenters. The molecule has 2 N–H and O–H groups in total. The predicted molar refractivity (Wildman–Crippen MR) is 86.7 cm³/mol. The highest BCUT2D eigenvalue weighted by Gasteiger charge is 2.28. The molecule has 0 aliphatic carbocycles. The first kappa shape index (κ1) is 19.4. The number of nitrogens with zero attached hydrogens (tertiary/aromatic N) is 2. The standard InChI is InChI=1S/C14H26N4O4S/c1-9(15-13(19)22-14(4,5)6)8-18(7)23(20,21)12-10(2)16-17-11(12)3/h9H,8H2,1-7H3,(H,15,19)(H,16,17)/t9-/m0/s1. The Kier molecular flexibility index (Phi) is 5.81. The van der Waals surface area contributed by atoms with Crippen LogP contribution in [0.5, 0.6) is 0 Å². The summed E-state index contributed by atoms with van der Waals surface area (Å²) in [6.45, 7) is 10.4. The van der Waals surface area contributed by atoms with Crippen molar-refractivity contribution in [3.63, 3.8) is 0 Å². The number of H-pyrrole nitrogens is 1. The number of hydrogen-bond donors (Lipinski definition) is 2. The maximum absolute atomic E-state index is 12.6. The topological polar surface area (TPSA) is 104 Å². The first-order chi connectivity index (χ1) is 10.3. The van der Waals surface area contributed by atoms with Crippen LogP contribution in [0.15, 0.2) is 4.90 Å². The van der Waals surface area contributed by atoms with Crippen molar-refractivity contribution in [2.75, 3.05) is 13.6 Å². The summed E-state index contributed by atoms with van der Waals surface area (Å²) in [5.41, 5.74) is 0.302. The van der Waals surface area contributed by atoms with Gasteiger partial charge < -0.3 is 10.1 Å². The Morgan fingerprint density at radius 1 is 1.39 bits per heavy atom. The molecule has 1 rings (SSSR count). The van der Waals surface area contributed by atoms with E-state index in [9.17, 15) is 13.2 Å². The summed E-state index contributed by atoms with van der Waals surface area (Å²) in [4.78, 5) is 11.9. The highest BCUT2D eigenvalue weighted by Crippen LogP contribution is 2.20. The van der Waals surface area contributed by atoms with Gasteiger partial charge in [-0.05, 0) is 41.5 Å². The zero-order valence-electron chi connectivity index (χ0n) is 14.7. The van der Waals surface area contributed by atoms with Crippen LogP contribution in [0.1, 0.15) is 39.1 Å². The molecule has 0 radical (unpaired) electrons. The van der Waals surface area contributed by atoms with Crippen molar-refractivity contribution in [1.29, 1.82) is 0 Å². The molecule has 0 bridgehead atoms. The predicted octanol–water partition coefficient (Wildman–Crippen LogP) is 1.56. The van der Waals surface area contributed by atoms with Gasteiger partial charge in [0.05, 0.1) is 11.4 Å². The van der Waals surface area contributed by atoms with Crippen LogP contribution in [-0.2, 0) is 14.8 Å². The zero-order chi connectivity index (χ0) is 18.0. The van der Waals surface area contributed by atoms with Crippen molar-refractivity contribution < 1.29 is 17.9 Å². The first-order valence-corrected chi connectivity index (χ1v) is 8.76. The Balaban J connectivity index is 2.75. The lowest BCUT2D eigenvalue weighted by Gasteiger charge is -2.24. The average Bonchev–Trinajstić information content (AvgIpc) is 2.66. The Morgan fingerprint density at radius 3 is 2.39 bits per heavy atom. The van der Waals surface area contributed by atoms with Gasteiger partial charge in [-0.25, -0.2) is 13.2 Å². The van der Waals surface area contributed by atoms with E-state index in [-0.39, 0.29) is 11.4 Å². The molecule has 23 heavy (non-hydrogen) atoms. The molecule has 0 saturated carbocycles. The van der Waals surface area contributed by atoms with Crippen LogP contribution in [0.25, 0.3) is 0 Å². The molecular formula is C14H26N4O4S. The number of sulfonamides is 1. The Hall–Kier alpha value is -1.61. The molecule has 1 amide bonds. The number of aromatic amines is 1. The van der Waals surface area contributed by atoms with E-state index >= 15 is 0 Å². The van der Waals surface area contributed by atoms with Gasteiger partial charge in [0.1, 0.15) is 10.5 Å². The minimum absolute atomic E-state index is 0.117. The van der Waals surface area contributed by atoms with Crippen LogP contribution in [0.2, 0.25) is 0 Å². The Bertz CT molecular complexity index is 641. The van der Waals surface area contributed by atoms with Gasteiger partial charge in [-0.3, -0.25) is 5.10 Å². The van der Waals surface area contributed by atoms with E-state index in [1.165, 1.54) is 11.4 Å². The summed E-state index contributed by atoms with van der Waals surface area (Å²) in [5, 5.41) is 9.20. The van der Waals surface area contributed by atoms with E-state index in [0.29, 0.717) is 11.4 Å². The number of hydrogen-bond acceptors (Lipinski definition) is 5. The molecule has 8 nitrogen and oxygen atoms in total. The lowest BCUT2D eigenvalue weighted by Crippen LogP contribution is -2.44. The summed E-state index contributed by atoms with van der Waals surface area (Å²) < 4.78 is 31.6. The van der Waals surface area contributed by atoms with Gasteiger partial charge in [-0.15, -0.1) is 0 Å². The fourth-order valence-electron chi connectivity index (χ4n) is 2.11. The van der Waals surface area contributed by atoms with E-state index in [0.717, 1.165) is 0 Å². The van der Waals surface area contributed by atoms with Crippen LogP contribution in [0.3, 0.4) is 0 Å². The molecular weight excluding hydrogens is 320 g/mol. The molecule has 0 aliphatic rings. The fourth-order valence-corrected chi connectivity index (χ4v) is 3.70. The van der Waals surface area contributed by atoms with E-state index in [2.05, 4.69) is 15.5 Å². The van der Waals surface area contributed by atoms with E-state index < -0.39 is 27.8 Å². The second-order valence-electron chi connectivity index (χ2n) is 6.60. The van der Waals surface area contributed by atoms with Crippen LogP contribution in [0, 0.1) is 13.8 Å². The van der Waals surface area contributed by atoms with Gasteiger partial charge in [0.15, 0.2) is 0 Å². The molecule has 0 fully saturated rings. The summed E-state index contributed by atoms with van der Waals surface area (Å²) in [6, 6.07) is -0.405. The molecule has 1 aromatic heterocycles. The van der Waals surface area contributed by atoms with Crippen molar-refractivity contribution in [3.05, 3.63) is 11.4 Å². The van der Waals surface area contributed by atoms with Crippen LogP contribution < -0.4 is 5.32 Å². The number of rotatable bonds is 5. The second kappa shape index (κ2) is 6.88. The molecule has 1 aromatic rings. The van der Waals surface area contributed by atoms with Crippen molar-refractivity contribution in [2.24, 2.45) is 0 Å². The Morgan fingerprint density at radius 2 is 1.96 bits per heavy atom. The van der Waals surface area contributed by atoms with E-state index in [4.69, 9.17) is 4.74 Å². The summed E-state index contributed by atoms with van der Waals surface area (Å²) in [7, 11) is -2.21. The minimum atomic E-state index is -3.68. The number of nitrogens with one attached hydrogen (secondary N) is 2. The highest BCUT2D eigenvalue weighted by molar-refractivity contribution is 7.89. The van der Waals surface area contributed by atoms with Crippen molar-refractivity contribution in [1.82, 2.24) is 19.8 Å². The summed E-state index contributed by atoms with van der Waals surface area (Å²) >= 11 is 0. The molecule has 0 aromatic carbocycles. The Labute approximate surface area is 137 Å². The first-order valence-electron chi connectivity index (χ1n) is 7.32. The van der Waals surface area contributed by atoms with Crippen molar-refractivity contribution >= 4 is 16.1 Å². The lowest BCUT2D eigenvalue weighted by molar-refractivity contribution is 0.0504. The zero-order valence-corrected chi connectivity index (χ0v) is 15.5. The van der Waals surface area contributed by atoms with Crippen LogP contribution in [0.4, 0.5) is 4.79 Å². The van der Waals surface area contributed by atoms with Crippen molar-refractivity contribution in [3.8, 4) is 0 Å². The molecule has 132 valence electrons. The SMILES string of the molecule is Cc1n[nH]c(C)c1S(=O)(=O)N(C)C[C@H](C)NC(=O)OC(C)(C)C. The fraction of sp³-hybridized carbons (Fsp3) is 0.714. The van der Waals surface area contributed by atoms with E-state index in [1.54, 1.807) is 41.5 Å². The molecule has 1 heterocycles. The number of likely N-dealkylation sites (N-methyl/N-ethyl adjacent to an activating group) is 1.